The molecular formula is C19H24N2O4S. The Bertz CT molecular complexity index is 672. The number of likely N-dealkylation sites (tertiary alicyclic amines) is 1. The number of thiophene rings is 1. The van der Waals surface area contributed by atoms with Gasteiger partial charge in [-0.05, 0) is 37.1 Å². The average molecular weight is 376 g/mol. The minimum absolute atomic E-state index is 0.0215. The van der Waals surface area contributed by atoms with E-state index in [2.05, 4.69) is 6.07 Å². The highest BCUT2D eigenvalue weighted by Gasteiger charge is 2.46. The van der Waals surface area contributed by atoms with Gasteiger partial charge in [-0.25, -0.2) is 0 Å². The van der Waals surface area contributed by atoms with E-state index in [1.165, 1.54) is 9.78 Å². The molecule has 0 bridgehead atoms. The standard InChI is InChI=1S/C19H24N2O4S/c22-16-12-25-13-17(23)21(16)14-5-9-20(10-6-14)18(24)19(7-1-2-8-19)15-4-3-11-26-15/h3-4,11,14H,1-2,5-10,12-13H2. The summed E-state index contributed by atoms with van der Waals surface area (Å²) >= 11 is 1.68. The van der Waals surface area contributed by atoms with Gasteiger partial charge >= 0.3 is 0 Å². The van der Waals surface area contributed by atoms with E-state index >= 15 is 0 Å². The molecule has 1 aliphatic carbocycles. The predicted molar refractivity (Wildman–Crippen MR) is 96.7 cm³/mol. The van der Waals surface area contributed by atoms with Crippen molar-refractivity contribution in [2.45, 2.75) is 50.0 Å². The normalized spacial score (nSPS) is 24.3. The van der Waals surface area contributed by atoms with E-state index in [1.807, 2.05) is 16.3 Å². The Morgan fingerprint density at radius 3 is 2.35 bits per heavy atom. The Morgan fingerprint density at radius 2 is 1.77 bits per heavy atom. The molecule has 7 heteroatoms. The Morgan fingerprint density at radius 1 is 1.12 bits per heavy atom. The topological polar surface area (TPSA) is 66.9 Å². The number of amides is 3. The van der Waals surface area contributed by atoms with Crippen LogP contribution in [0.3, 0.4) is 0 Å². The molecule has 0 radical (unpaired) electrons. The molecule has 2 aliphatic heterocycles. The SMILES string of the molecule is O=C1COCC(=O)N1C1CCN(C(=O)C2(c3cccs3)CCCC2)CC1. The van der Waals surface area contributed by atoms with Crippen molar-refractivity contribution in [1.29, 1.82) is 0 Å². The van der Waals surface area contributed by atoms with Crippen LogP contribution >= 0.6 is 11.3 Å². The third-order valence-electron chi connectivity index (χ3n) is 5.96. The lowest BCUT2D eigenvalue weighted by Crippen LogP contribution is -2.56. The van der Waals surface area contributed by atoms with Crippen molar-refractivity contribution in [3.63, 3.8) is 0 Å². The van der Waals surface area contributed by atoms with Crippen LogP contribution in [0.1, 0.15) is 43.4 Å². The van der Waals surface area contributed by atoms with E-state index in [1.54, 1.807) is 11.3 Å². The van der Waals surface area contributed by atoms with E-state index in [4.69, 9.17) is 4.74 Å². The molecule has 1 aromatic rings. The molecule has 0 aromatic carbocycles. The average Bonchev–Trinajstić information content (AvgIpc) is 3.34. The van der Waals surface area contributed by atoms with Crippen LogP contribution in [0, 0.1) is 0 Å². The van der Waals surface area contributed by atoms with Gasteiger partial charge in [0.2, 0.25) is 5.91 Å². The zero-order valence-corrected chi connectivity index (χ0v) is 15.6. The van der Waals surface area contributed by atoms with Crippen LogP contribution in [0.4, 0.5) is 0 Å². The van der Waals surface area contributed by atoms with Crippen molar-refractivity contribution in [3.8, 4) is 0 Å². The molecule has 3 aliphatic rings. The Labute approximate surface area is 157 Å². The molecule has 3 amide bonds. The molecule has 0 N–H and O–H groups in total. The lowest BCUT2D eigenvalue weighted by molar-refractivity contribution is -0.162. The molecule has 0 unspecified atom stereocenters. The summed E-state index contributed by atoms with van der Waals surface area (Å²) in [5, 5.41) is 2.05. The fourth-order valence-electron chi connectivity index (χ4n) is 4.64. The maximum Gasteiger partial charge on any atom is 0.255 e. The molecule has 3 fully saturated rings. The second kappa shape index (κ2) is 7.12. The van der Waals surface area contributed by atoms with Gasteiger partial charge in [-0.1, -0.05) is 18.9 Å². The molecular weight excluding hydrogens is 352 g/mol. The second-order valence-electron chi connectivity index (χ2n) is 7.44. The first-order chi connectivity index (χ1) is 12.6. The molecule has 0 spiro atoms. The molecule has 140 valence electrons. The Balaban J connectivity index is 1.45. The van der Waals surface area contributed by atoms with Crippen LogP contribution in [0.25, 0.3) is 0 Å². The zero-order valence-electron chi connectivity index (χ0n) is 14.8. The smallest absolute Gasteiger partial charge is 0.255 e. The Hall–Kier alpha value is -1.73. The number of imide groups is 1. The number of carbonyl (C=O) groups is 3. The van der Waals surface area contributed by atoms with E-state index in [9.17, 15) is 14.4 Å². The molecule has 0 atom stereocenters. The Kier molecular flexibility index (Phi) is 4.84. The van der Waals surface area contributed by atoms with Gasteiger partial charge in [0.15, 0.2) is 0 Å². The van der Waals surface area contributed by atoms with Gasteiger partial charge in [0.1, 0.15) is 13.2 Å². The third-order valence-corrected chi connectivity index (χ3v) is 7.04. The summed E-state index contributed by atoms with van der Waals surface area (Å²) in [7, 11) is 0. The molecule has 2 saturated heterocycles. The van der Waals surface area contributed by atoms with Crippen LogP contribution in [-0.2, 0) is 24.5 Å². The van der Waals surface area contributed by atoms with Crippen molar-refractivity contribution >= 4 is 29.1 Å². The number of piperidine rings is 1. The van der Waals surface area contributed by atoms with Crippen LogP contribution in [-0.4, -0.2) is 59.9 Å². The van der Waals surface area contributed by atoms with Gasteiger partial charge in [-0.2, -0.15) is 0 Å². The van der Waals surface area contributed by atoms with E-state index in [-0.39, 0.29) is 42.4 Å². The largest absolute Gasteiger partial charge is 0.362 e. The number of ether oxygens (including phenoxy) is 1. The van der Waals surface area contributed by atoms with E-state index in [0.29, 0.717) is 25.9 Å². The van der Waals surface area contributed by atoms with Crippen LogP contribution in [0.15, 0.2) is 17.5 Å². The highest BCUT2D eigenvalue weighted by Crippen LogP contribution is 2.44. The minimum atomic E-state index is -0.356. The number of nitrogens with zero attached hydrogens (tertiary/aromatic N) is 2. The van der Waals surface area contributed by atoms with Crippen LogP contribution < -0.4 is 0 Å². The quantitative estimate of drug-likeness (QED) is 0.756. The molecule has 1 aromatic heterocycles. The molecule has 26 heavy (non-hydrogen) atoms. The van der Waals surface area contributed by atoms with Crippen LogP contribution in [0.5, 0.6) is 0 Å². The maximum absolute atomic E-state index is 13.4. The lowest BCUT2D eigenvalue weighted by atomic mass is 9.82. The molecule has 1 saturated carbocycles. The number of hydrogen-bond donors (Lipinski definition) is 0. The first-order valence-corrected chi connectivity index (χ1v) is 10.3. The van der Waals surface area contributed by atoms with Crippen molar-refractivity contribution in [1.82, 2.24) is 9.80 Å². The lowest BCUT2D eigenvalue weighted by Gasteiger charge is -2.41. The summed E-state index contributed by atoms with van der Waals surface area (Å²) < 4.78 is 4.99. The maximum atomic E-state index is 13.4. The van der Waals surface area contributed by atoms with Gasteiger partial charge in [-0.3, -0.25) is 19.3 Å². The third kappa shape index (κ3) is 2.97. The van der Waals surface area contributed by atoms with Gasteiger partial charge in [0, 0.05) is 24.0 Å². The first-order valence-electron chi connectivity index (χ1n) is 9.38. The number of carbonyl (C=O) groups excluding carboxylic acids is 3. The summed E-state index contributed by atoms with van der Waals surface area (Å²) in [6.45, 7) is 1.17. The highest BCUT2D eigenvalue weighted by atomic mass is 32.1. The van der Waals surface area contributed by atoms with Gasteiger partial charge in [0.05, 0.1) is 5.41 Å². The number of morpholine rings is 1. The minimum Gasteiger partial charge on any atom is -0.362 e. The fraction of sp³-hybridized carbons (Fsp3) is 0.632. The van der Waals surface area contributed by atoms with Crippen molar-refractivity contribution in [3.05, 3.63) is 22.4 Å². The van der Waals surface area contributed by atoms with E-state index in [0.717, 1.165) is 25.7 Å². The summed E-state index contributed by atoms with van der Waals surface area (Å²) in [6, 6.07) is 4.00. The molecule has 3 heterocycles. The van der Waals surface area contributed by atoms with Crippen LogP contribution in [0.2, 0.25) is 0 Å². The second-order valence-corrected chi connectivity index (χ2v) is 8.39. The summed E-state index contributed by atoms with van der Waals surface area (Å²) in [4.78, 5) is 42.0. The number of hydrogen-bond acceptors (Lipinski definition) is 5. The summed E-state index contributed by atoms with van der Waals surface area (Å²) in [5.41, 5.74) is -0.356. The number of rotatable bonds is 3. The van der Waals surface area contributed by atoms with Crippen molar-refractivity contribution in [2.75, 3.05) is 26.3 Å². The van der Waals surface area contributed by atoms with Gasteiger partial charge < -0.3 is 9.64 Å². The van der Waals surface area contributed by atoms with Crippen molar-refractivity contribution in [2.24, 2.45) is 0 Å². The highest BCUT2D eigenvalue weighted by molar-refractivity contribution is 7.10. The van der Waals surface area contributed by atoms with Gasteiger partial charge in [-0.15, -0.1) is 11.3 Å². The summed E-state index contributed by atoms with van der Waals surface area (Å²) in [5.74, 6) is -0.274. The zero-order chi connectivity index (χ0) is 18.1. The fourth-order valence-corrected chi connectivity index (χ4v) is 5.61. The van der Waals surface area contributed by atoms with Gasteiger partial charge in [0.25, 0.3) is 11.8 Å². The predicted octanol–water partition coefficient (Wildman–Crippen LogP) is 1.94. The monoisotopic (exact) mass is 376 g/mol. The van der Waals surface area contributed by atoms with Crippen molar-refractivity contribution < 1.29 is 19.1 Å². The van der Waals surface area contributed by atoms with E-state index < -0.39 is 0 Å². The summed E-state index contributed by atoms with van der Waals surface area (Å²) in [6.07, 6.45) is 5.35. The molecule has 6 nitrogen and oxygen atoms in total. The molecule has 4 rings (SSSR count). The first kappa shape index (κ1) is 17.7.